The van der Waals surface area contributed by atoms with Crippen molar-refractivity contribution < 1.29 is 18.7 Å². The maximum Gasteiger partial charge on any atom is 0.411 e. The average molecular weight is 371 g/mol. The molecule has 1 unspecified atom stereocenters. The zero-order valence-corrected chi connectivity index (χ0v) is 15.3. The van der Waals surface area contributed by atoms with Crippen LogP contribution in [-0.2, 0) is 4.74 Å². The largest absolute Gasteiger partial charge is 0.453 e. The van der Waals surface area contributed by atoms with Gasteiger partial charge in [-0.1, -0.05) is 18.2 Å². The van der Waals surface area contributed by atoms with E-state index in [1.54, 1.807) is 47.4 Å². The fraction of sp³-hybridized carbons (Fsp3) is 0.300. The number of halogens is 1. The zero-order chi connectivity index (χ0) is 19.4. The Kier molecular flexibility index (Phi) is 5.59. The van der Waals surface area contributed by atoms with Crippen LogP contribution in [0.3, 0.4) is 0 Å². The van der Waals surface area contributed by atoms with Gasteiger partial charge in [-0.15, -0.1) is 0 Å². The van der Waals surface area contributed by atoms with Gasteiger partial charge in [0.25, 0.3) is 5.91 Å². The third-order valence-corrected chi connectivity index (χ3v) is 4.62. The minimum absolute atomic E-state index is 0.0805. The number of nitrogens with zero attached hydrogens (tertiary/aromatic N) is 2. The SMILES string of the molecule is COC(=O)Nc1cccc(C(=O)N2CCN(c3ccccc3F)CC2C)c1. The molecule has 1 heterocycles. The van der Waals surface area contributed by atoms with Crippen LogP contribution in [0.15, 0.2) is 48.5 Å². The molecule has 0 aliphatic carbocycles. The first kappa shape index (κ1) is 18.7. The average Bonchev–Trinajstić information content (AvgIpc) is 2.68. The summed E-state index contributed by atoms with van der Waals surface area (Å²) in [4.78, 5) is 28.0. The van der Waals surface area contributed by atoms with Crippen molar-refractivity contribution in [2.75, 3.05) is 37.0 Å². The number of nitrogens with one attached hydrogen (secondary N) is 1. The second kappa shape index (κ2) is 8.07. The molecule has 1 atom stereocenters. The fourth-order valence-electron chi connectivity index (χ4n) is 3.25. The Morgan fingerprint density at radius 3 is 2.63 bits per heavy atom. The first-order valence-corrected chi connectivity index (χ1v) is 8.75. The van der Waals surface area contributed by atoms with E-state index in [1.165, 1.54) is 13.2 Å². The van der Waals surface area contributed by atoms with Gasteiger partial charge in [-0.3, -0.25) is 10.1 Å². The fourth-order valence-corrected chi connectivity index (χ4v) is 3.25. The van der Waals surface area contributed by atoms with Crippen LogP contribution in [0.5, 0.6) is 0 Å². The molecule has 6 nitrogen and oxygen atoms in total. The summed E-state index contributed by atoms with van der Waals surface area (Å²) < 4.78 is 18.6. The van der Waals surface area contributed by atoms with Crippen molar-refractivity contribution in [3.8, 4) is 0 Å². The molecule has 2 amide bonds. The van der Waals surface area contributed by atoms with E-state index in [0.717, 1.165) is 0 Å². The molecule has 1 saturated heterocycles. The Morgan fingerprint density at radius 2 is 1.93 bits per heavy atom. The predicted octanol–water partition coefficient (Wildman–Crippen LogP) is 3.35. The third kappa shape index (κ3) is 4.19. The highest BCUT2D eigenvalue weighted by molar-refractivity contribution is 5.96. The van der Waals surface area contributed by atoms with Gasteiger partial charge in [0.05, 0.1) is 12.8 Å². The van der Waals surface area contributed by atoms with Crippen molar-refractivity contribution in [2.45, 2.75) is 13.0 Å². The molecule has 1 aliphatic rings. The van der Waals surface area contributed by atoms with E-state index in [1.807, 2.05) is 11.8 Å². The second-order valence-electron chi connectivity index (χ2n) is 6.44. The van der Waals surface area contributed by atoms with Crippen molar-refractivity contribution in [3.05, 3.63) is 59.9 Å². The molecule has 1 fully saturated rings. The van der Waals surface area contributed by atoms with Crippen LogP contribution in [0.25, 0.3) is 0 Å². The van der Waals surface area contributed by atoms with E-state index >= 15 is 0 Å². The van der Waals surface area contributed by atoms with Crippen molar-refractivity contribution in [3.63, 3.8) is 0 Å². The van der Waals surface area contributed by atoms with Crippen LogP contribution in [0.4, 0.5) is 20.6 Å². The van der Waals surface area contributed by atoms with Gasteiger partial charge in [0.2, 0.25) is 0 Å². The van der Waals surface area contributed by atoms with E-state index in [-0.39, 0.29) is 17.8 Å². The van der Waals surface area contributed by atoms with Gasteiger partial charge in [-0.2, -0.15) is 0 Å². The van der Waals surface area contributed by atoms with Crippen LogP contribution in [-0.4, -0.2) is 49.7 Å². The Labute approximate surface area is 157 Å². The lowest BCUT2D eigenvalue weighted by Crippen LogP contribution is -2.54. The molecule has 1 N–H and O–H groups in total. The van der Waals surface area contributed by atoms with Crippen LogP contribution in [0.2, 0.25) is 0 Å². The summed E-state index contributed by atoms with van der Waals surface area (Å²) in [6, 6.07) is 13.3. The van der Waals surface area contributed by atoms with E-state index in [0.29, 0.717) is 36.6 Å². The Morgan fingerprint density at radius 1 is 1.15 bits per heavy atom. The van der Waals surface area contributed by atoms with E-state index in [2.05, 4.69) is 10.1 Å². The molecule has 27 heavy (non-hydrogen) atoms. The summed E-state index contributed by atoms with van der Waals surface area (Å²) in [5.74, 6) is -0.379. The van der Waals surface area contributed by atoms with Crippen molar-refractivity contribution in [2.24, 2.45) is 0 Å². The first-order chi connectivity index (χ1) is 13.0. The lowest BCUT2D eigenvalue weighted by atomic mass is 10.1. The normalized spacial score (nSPS) is 16.8. The number of hydrogen-bond acceptors (Lipinski definition) is 4. The van der Waals surface area contributed by atoms with Gasteiger partial charge in [-0.25, -0.2) is 9.18 Å². The molecule has 7 heteroatoms. The van der Waals surface area contributed by atoms with Gasteiger partial charge in [0, 0.05) is 36.9 Å². The van der Waals surface area contributed by atoms with Crippen molar-refractivity contribution in [1.29, 1.82) is 0 Å². The monoisotopic (exact) mass is 371 g/mol. The molecular weight excluding hydrogens is 349 g/mol. The molecule has 0 radical (unpaired) electrons. The topological polar surface area (TPSA) is 61.9 Å². The summed E-state index contributed by atoms with van der Waals surface area (Å²) in [5.41, 5.74) is 1.53. The van der Waals surface area contributed by atoms with Crippen LogP contribution < -0.4 is 10.2 Å². The van der Waals surface area contributed by atoms with E-state index in [9.17, 15) is 14.0 Å². The smallest absolute Gasteiger partial charge is 0.411 e. The predicted molar refractivity (Wildman–Crippen MR) is 102 cm³/mol. The molecule has 0 spiro atoms. The number of carbonyl (C=O) groups excluding carboxylic acids is 2. The molecule has 142 valence electrons. The molecule has 2 aromatic carbocycles. The quantitative estimate of drug-likeness (QED) is 0.899. The summed E-state index contributed by atoms with van der Waals surface area (Å²) in [7, 11) is 1.28. The van der Waals surface area contributed by atoms with E-state index in [4.69, 9.17) is 0 Å². The molecular formula is C20H22FN3O3. The maximum absolute atomic E-state index is 14.0. The molecule has 3 rings (SSSR count). The summed E-state index contributed by atoms with van der Waals surface area (Å²) in [6.07, 6.45) is -0.591. The summed E-state index contributed by atoms with van der Waals surface area (Å²) in [5, 5.41) is 2.55. The number of ether oxygens (including phenoxy) is 1. The Bertz CT molecular complexity index is 843. The van der Waals surface area contributed by atoms with Crippen LogP contribution in [0, 0.1) is 5.82 Å². The lowest BCUT2D eigenvalue weighted by molar-refractivity contribution is 0.0674. The van der Waals surface area contributed by atoms with Crippen molar-refractivity contribution in [1.82, 2.24) is 4.90 Å². The van der Waals surface area contributed by atoms with Gasteiger partial charge >= 0.3 is 6.09 Å². The number of amides is 2. The molecule has 1 aliphatic heterocycles. The number of benzene rings is 2. The number of hydrogen-bond donors (Lipinski definition) is 1. The van der Waals surface area contributed by atoms with Gasteiger partial charge in [0.15, 0.2) is 0 Å². The lowest BCUT2D eigenvalue weighted by Gasteiger charge is -2.41. The number of anilines is 2. The van der Waals surface area contributed by atoms with Gasteiger partial charge in [-0.05, 0) is 37.3 Å². The van der Waals surface area contributed by atoms with Crippen molar-refractivity contribution >= 4 is 23.4 Å². The minimum atomic E-state index is -0.591. The number of rotatable bonds is 3. The highest BCUT2D eigenvalue weighted by Crippen LogP contribution is 2.23. The number of methoxy groups -OCH3 is 1. The molecule has 0 bridgehead atoms. The van der Waals surface area contributed by atoms with Gasteiger partial charge in [0.1, 0.15) is 5.82 Å². The first-order valence-electron chi connectivity index (χ1n) is 8.75. The third-order valence-electron chi connectivity index (χ3n) is 4.62. The van der Waals surface area contributed by atoms with Gasteiger partial charge < -0.3 is 14.5 Å². The molecule has 2 aromatic rings. The standard InChI is InChI=1S/C20H22FN3O3/c1-14-13-23(18-9-4-3-8-17(18)21)10-11-24(14)19(25)15-6-5-7-16(12-15)22-20(26)27-2/h3-9,12,14H,10-11,13H2,1-2H3,(H,22,26). The van der Waals surface area contributed by atoms with Crippen LogP contribution in [0.1, 0.15) is 17.3 Å². The highest BCUT2D eigenvalue weighted by Gasteiger charge is 2.29. The summed E-state index contributed by atoms with van der Waals surface area (Å²) in [6.45, 7) is 3.54. The molecule has 0 saturated carbocycles. The highest BCUT2D eigenvalue weighted by atomic mass is 19.1. The minimum Gasteiger partial charge on any atom is -0.453 e. The van der Waals surface area contributed by atoms with Crippen LogP contribution >= 0.6 is 0 Å². The summed E-state index contributed by atoms with van der Waals surface area (Å²) >= 11 is 0. The maximum atomic E-state index is 14.0. The van der Waals surface area contributed by atoms with E-state index < -0.39 is 6.09 Å². The Balaban J connectivity index is 1.71. The second-order valence-corrected chi connectivity index (χ2v) is 6.44. The number of carbonyl (C=O) groups is 2. The zero-order valence-electron chi connectivity index (χ0n) is 15.3. The molecule has 0 aromatic heterocycles. The Hall–Kier alpha value is -3.09. The number of piperazine rings is 1. The number of para-hydroxylation sites is 1.